The lowest BCUT2D eigenvalue weighted by molar-refractivity contribution is 0.0954. The van der Waals surface area contributed by atoms with Crippen molar-refractivity contribution in [2.24, 2.45) is 5.10 Å². The third-order valence-corrected chi connectivity index (χ3v) is 3.25. The van der Waals surface area contributed by atoms with E-state index < -0.39 is 40.6 Å². The molecule has 0 aliphatic carbocycles. The van der Waals surface area contributed by atoms with E-state index >= 15 is 0 Å². The average molecular weight is 374 g/mol. The molecule has 2 aromatic carbocycles. The first-order valence-corrected chi connectivity index (χ1v) is 6.88. The van der Waals surface area contributed by atoms with Crippen molar-refractivity contribution in [1.82, 2.24) is 5.43 Å². The zero-order valence-electron chi connectivity index (χ0n) is 13.4. The van der Waals surface area contributed by atoms with E-state index in [9.17, 15) is 26.7 Å². The van der Waals surface area contributed by atoms with Gasteiger partial charge in [-0.05, 0) is 18.2 Å². The molecule has 26 heavy (non-hydrogen) atoms. The van der Waals surface area contributed by atoms with Crippen LogP contribution < -0.4 is 14.9 Å². The minimum atomic E-state index is -2.29. The molecule has 0 heterocycles. The van der Waals surface area contributed by atoms with Crippen molar-refractivity contribution in [2.75, 3.05) is 14.2 Å². The van der Waals surface area contributed by atoms with Gasteiger partial charge in [-0.1, -0.05) is 0 Å². The third-order valence-electron chi connectivity index (χ3n) is 3.25. The molecule has 1 N–H and O–H groups in total. The van der Waals surface area contributed by atoms with Gasteiger partial charge < -0.3 is 9.47 Å². The zero-order valence-corrected chi connectivity index (χ0v) is 13.4. The molecular formula is C16H11F5N2O3. The Balaban J connectivity index is 2.23. The number of nitrogens with one attached hydrogen (secondary N) is 1. The van der Waals surface area contributed by atoms with E-state index in [0.29, 0.717) is 12.0 Å². The van der Waals surface area contributed by atoms with Gasteiger partial charge in [0.2, 0.25) is 5.82 Å². The lowest BCUT2D eigenvalue weighted by Crippen LogP contribution is -2.18. The SMILES string of the molecule is COc1ccc(C(=O)N/N=C/c2c(F)c(F)c(F)c(F)c2F)cc1OC. The Morgan fingerprint density at radius 2 is 1.46 bits per heavy atom. The smallest absolute Gasteiger partial charge is 0.271 e. The Morgan fingerprint density at radius 3 is 2.00 bits per heavy atom. The van der Waals surface area contributed by atoms with Gasteiger partial charge in [0.1, 0.15) is 0 Å². The van der Waals surface area contributed by atoms with Crippen LogP contribution >= 0.6 is 0 Å². The molecule has 0 radical (unpaired) electrons. The summed E-state index contributed by atoms with van der Waals surface area (Å²) in [5.41, 5.74) is 0.676. The Labute approximate surface area is 144 Å². The van der Waals surface area contributed by atoms with Gasteiger partial charge in [-0.2, -0.15) is 5.10 Å². The maximum Gasteiger partial charge on any atom is 0.271 e. The van der Waals surface area contributed by atoms with E-state index in [4.69, 9.17) is 9.47 Å². The number of nitrogens with zero attached hydrogens (tertiary/aromatic N) is 1. The van der Waals surface area contributed by atoms with Crippen LogP contribution in [0, 0.1) is 29.1 Å². The summed E-state index contributed by atoms with van der Waals surface area (Å²) in [6.07, 6.45) is 0.314. The van der Waals surface area contributed by atoms with Gasteiger partial charge in [-0.3, -0.25) is 4.79 Å². The van der Waals surface area contributed by atoms with E-state index in [-0.39, 0.29) is 11.3 Å². The molecular weight excluding hydrogens is 363 g/mol. The lowest BCUT2D eigenvalue weighted by Gasteiger charge is -2.08. The summed E-state index contributed by atoms with van der Waals surface area (Å²) in [5, 5.41) is 3.22. The molecule has 0 unspecified atom stereocenters. The molecule has 2 rings (SSSR count). The second-order valence-corrected chi connectivity index (χ2v) is 4.75. The minimum absolute atomic E-state index is 0.0530. The topological polar surface area (TPSA) is 59.9 Å². The predicted octanol–water partition coefficient (Wildman–Crippen LogP) is 3.16. The molecule has 0 saturated heterocycles. The van der Waals surface area contributed by atoms with Crippen LogP contribution in [0.5, 0.6) is 11.5 Å². The van der Waals surface area contributed by atoms with Crippen molar-refractivity contribution in [3.63, 3.8) is 0 Å². The first-order valence-electron chi connectivity index (χ1n) is 6.88. The fraction of sp³-hybridized carbons (Fsp3) is 0.125. The average Bonchev–Trinajstić information content (AvgIpc) is 2.66. The maximum atomic E-state index is 13.5. The molecule has 0 aliphatic heterocycles. The standard InChI is InChI=1S/C16H11F5N2O3/c1-25-9-4-3-7(5-10(9)26-2)16(24)23-22-6-8-11(17)13(19)15(21)14(20)12(8)18/h3-6H,1-2H3,(H,23,24)/b22-6+. The van der Waals surface area contributed by atoms with Crippen LogP contribution in [0.4, 0.5) is 22.0 Å². The highest BCUT2D eigenvalue weighted by molar-refractivity contribution is 5.95. The van der Waals surface area contributed by atoms with Crippen molar-refractivity contribution in [1.29, 1.82) is 0 Å². The molecule has 0 aromatic heterocycles. The van der Waals surface area contributed by atoms with Crippen molar-refractivity contribution < 1.29 is 36.2 Å². The number of benzene rings is 2. The summed E-state index contributed by atoms with van der Waals surface area (Å²) < 4.78 is 76.0. The Hall–Kier alpha value is -3.17. The van der Waals surface area contributed by atoms with Crippen LogP contribution in [0.1, 0.15) is 15.9 Å². The number of methoxy groups -OCH3 is 2. The summed E-state index contributed by atoms with van der Waals surface area (Å²) in [5.74, 6) is -10.9. The fourth-order valence-electron chi connectivity index (χ4n) is 1.93. The van der Waals surface area contributed by atoms with Gasteiger partial charge in [0, 0.05) is 5.56 Å². The summed E-state index contributed by atoms with van der Waals surface area (Å²) in [4.78, 5) is 11.9. The first-order chi connectivity index (χ1) is 12.3. The van der Waals surface area contributed by atoms with Crippen LogP contribution in [-0.2, 0) is 0 Å². The summed E-state index contributed by atoms with van der Waals surface area (Å²) in [6, 6.07) is 4.09. The monoisotopic (exact) mass is 374 g/mol. The molecule has 0 spiro atoms. The molecule has 138 valence electrons. The van der Waals surface area contributed by atoms with Crippen LogP contribution in [0.25, 0.3) is 0 Å². The molecule has 0 saturated carbocycles. The second kappa shape index (κ2) is 7.81. The number of hydrazone groups is 1. The highest BCUT2D eigenvalue weighted by Gasteiger charge is 2.24. The molecule has 0 fully saturated rings. The van der Waals surface area contributed by atoms with E-state index in [2.05, 4.69) is 5.10 Å². The highest BCUT2D eigenvalue weighted by atomic mass is 19.2. The first kappa shape index (κ1) is 19.2. The number of carbonyl (C=O) groups excluding carboxylic acids is 1. The summed E-state index contributed by atoms with van der Waals surface area (Å²) >= 11 is 0. The van der Waals surface area contributed by atoms with Crippen LogP contribution in [-0.4, -0.2) is 26.3 Å². The Bertz CT molecular complexity index is 858. The van der Waals surface area contributed by atoms with Crippen molar-refractivity contribution in [2.45, 2.75) is 0 Å². The molecule has 0 bridgehead atoms. The van der Waals surface area contributed by atoms with Gasteiger partial charge in [-0.15, -0.1) is 0 Å². The van der Waals surface area contributed by atoms with E-state index in [1.54, 1.807) is 0 Å². The number of halogens is 5. The molecule has 2 aromatic rings. The van der Waals surface area contributed by atoms with Crippen molar-refractivity contribution >= 4 is 12.1 Å². The van der Waals surface area contributed by atoms with Crippen molar-refractivity contribution in [3.05, 3.63) is 58.4 Å². The number of carbonyl (C=O) groups is 1. The van der Waals surface area contributed by atoms with E-state index in [1.807, 2.05) is 5.43 Å². The van der Waals surface area contributed by atoms with E-state index in [0.717, 1.165) is 0 Å². The van der Waals surface area contributed by atoms with Gasteiger partial charge in [-0.25, -0.2) is 27.4 Å². The largest absolute Gasteiger partial charge is 0.493 e. The quantitative estimate of drug-likeness (QED) is 0.288. The molecule has 0 aliphatic rings. The highest BCUT2D eigenvalue weighted by Crippen LogP contribution is 2.27. The lowest BCUT2D eigenvalue weighted by atomic mass is 10.2. The van der Waals surface area contributed by atoms with Crippen LogP contribution in [0.15, 0.2) is 23.3 Å². The number of rotatable bonds is 5. The normalized spacial score (nSPS) is 10.9. The maximum absolute atomic E-state index is 13.5. The minimum Gasteiger partial charge on any atom is -0.493 e. The molecule has 1 amide bonds. The Kier molecular flexibility index (Phi) is 5.75. The van der Waals surface area contributed by atoms with E-state index in [1.165, 1.54) is 32.4 Å². The zero-order chi connectivity index (χ0) is 19.4. The number of amides is 1. The third kappa shape index (κ3) is 3.58. The van der Waals surface area contributed by atoms with Crippen LogP contribution in [0.2, 0.25) is 0 Å². The number of hydrogen-bond donors (Lipinski definition) is 1. The van der Waals surface area contributed by atoms with Gasteiger partial charge >= 0.3 is 0 Å². The summed E-state index contributed by atoms with van der Waals surface area (Å²) in [6.45, 7) is 0. The van der Waals surface area contributed by atoms with Crippen LogP contribution in [0.3, 0.4) is 0 Å². The number of hydrogen-bond acceptors (Lipinski definition) is 4. The summed E-state index contributed by atoms with van der Waals surface area (Å²) in [7, 11) is 2.74. The predicted molar refractivity (Wildman–Crippen MR) is 80.8 cm³/mol. The second-order valence-electron chi connectivity index (χ2n) is 4.75. The molecule has 10 heteroatoms. The van der Waals surface area contributed by atoms with Gasteiger partial charge in [0.25, 0.3) is 5.91 Å². The fourth-order valence-corrected chi connectivity index (χ4v) is 1.93. The van der Waals surface area contributed by atoms with Crippen molar-refractivity contribution in [3.8, 4) is 11.5 Å². The van der Waals surface area contributed by atoms with Gasteiger partial charge in [0.05, 0.1) is 26.0 Å². The Morgan fingerprint density at radius 1 is 0.923 bits per heavy atom. The van der Waals surface area contributed by atoms with Gasteiger partial charge in [0.15, 0.2) is 34.8 Å². The number of ether oxygens (including phenoxy) is 2. The molecule has 0 atom stereocenters. The molecule has 5 nitrogen and oxygen atoms in total.